The summed E-state index contributed by atoms with van der Waals surface area (Å²) in [4.78, 5) is 6.65. The Morgan fingerprint density at radius 2 is 2.28 bits per heavy atom. The van der Waals surface area contributed by atoms with Gasteiger partial charge < -0.3 is 4.98 Å². The molecule has 0 amide bonds. The van der Waals surface area contributed by atoms with Crippen LogP contribution in [0.2, 0.25) is 0 Å². The number of aromatic nitrogens is 2. The van der Waals surface area contributed by atoms with Crippen molar-refractivity contribution in [2.24, 2.45) is 0 Å². The monoisotopic (exact) mass is 349 g/mol. The van der Waals surface area contributed by atoms with Gasteiger partial charge in [0.05, 0.1) is 9.98 Å². The molecule has 98 valence electrons. The Morgan fingerprint density at radius 1 is 1.56 bits per heavy atom. The van der Waals surface area contributed by atoms with Crippen LogP contribution in [0.15, 0.2) is 26.5 Å². The molecule has 0 aliphatic carbocycles. The molecule has 0 bridgehead atoms. The van der Waals surface area contributed by atoms with Gasteiger partial charge in [-0.1, -0.05) is 0 Å². The summed E-state index contributed by atoms with van der Waals surface area (Å²) in [6, 6.07) is 1.91. The minimum atomic E-state index is -3.50. The van der Waals surface area contributed by atoms with E-state index in [0.717, 1.165) is 9.35 Å². The highest BCUT2D eigenvalue weighted by Gasteiger charge is 2.23. The van der Waals surface area contributed by atoms with Crippen LogP contribution in [-0.2, 0) is 16.6 Å². The van der Waals surface area contributed by atoms with Gasteiger partial charge in [0.15, 0.2) is 5.03 Å². The molecule has 0 radical (unpaired) electrons. The van der Waals surface area contributed by atoms with E-state index in [1.54, 1.807) is 14.0 Å². The maximum absolute atomic E-state index is 12.2. The molecule has 0 aromatic carbocycles. The molecular formula is C10H12BrN3O2S2. The molecule has 0 unspecified atom stereocenters. The van der Waals surface area contributed by atoms with Crippen molar-refractivity contribution >= 4 is 37.3 Å². The van der Waals surface area contributed by atoms with Crippen molar-refractivity contribution in [1.29, 1.82) is 0 Å². The predicted molar refractivity (Wildman–Crippen MR) is 74.0 cm³/mol. The Kier molecular flexibility index (Phi) is 3.90. The molecule has 0 aliphatic rings. The molecule has 0 saturated heterocycles. The third-order valence-electron chi connectivity index (χ3n) is 2.39. The molecule has 2 heterocycles. The van der Waals surface area contributed by atoms with Gasteiger partial charge in [0, 0.05) is 13.6 Å². The molecule has 0 saturated carbocycles. The number of hydrogen-bond acceptors (Lipinski definition) is 4. The fourth-order valence-corrected chi connectivity index (χ4v) is 3.79. The number of halogens is 1. The minimum Gasteiger partial charge on any atom is -0.332 e. The number of nitrogens with one attached hydrogen (secondary N) is 1. The Balaban J connectivity index is 2.20. The van der Waals surface area contributed by atoms with Crippen LogP contribution in [0.25, 0.3) is 0 Å². The van der Waals surface area contributed by atoms with E-state index in [4.69, 9.17) is 0 Å². The molecule has 8 heteroatoms. The number of rotatable bonds is 4. The Labute approximate surface area is 118 Å². The summed E-state index contributed by atoms with van der Waals surface area (Å²) in [5, 5.41) is 2.05. The molecule has 0 fully saturated rings. The highest BCUT2D eigenvalue weighted by atomic mass is 79.9. The van der Waals surface area contributed by atoms with E-state index in [2.05, 4.69) is 25.9 Å². The SMILES string of the molecule is Cc1ncc(S(=O)(=O)N(C)Cc2csc(Br)c2)[nH]1. The number of nitrogens with zero attached hydrogens (tertiary/aromatic N) is 2. The van der Waals surface area contributed by atoms with Gasteiger partial charge in [-0.15, -0.1) is 11.3 Å². The summed E-state index contributed by atoms with van der Waals surface area (Å²) >= 11 is 4.89. The molecule has 0 spiro atoms. The number of imidazole rings is 1. The molecule has 2 aromatic rings. The highest BCUT2D eigenvalue weighted by Crippen LogP contribution is 2.23. The quantitative estimate of drug-likeness (QED) is 0.921. The summed E-state index contributed by atoms with van der Waals surface area (Å²) in [6.45, 7) is 2.05. The standard InChI is InChI=1S/C10H12BrN3O2S2/c1-7-12-4-10(13-7)18(15,16)14(2)5-8-3-9(11)17-6-8/h3-4,6H,5H2,1-2H3,(H,12,13). The number of hydrogen-bond donors (Lipinski definition) is 1. The smallest absolute Gasteiger partial charge is 0.260 e. The van der Waals surface area contributed by atoms with Gasteiger partial charge in [0.2, 0.25) is 0 Å². The summed E-state index contributed by atoms with van der Waals surface area (Å²) in [7, 11) is -1.95. The van der Waals surface area contributed by atoms with Gasteiger partial charge in [-0.05, 0) is 39.9 Å². The zero-order valence-electron chi connectivity index (χ0n) is 9.84. The van der Waals surface area contributed by atoms with Gasteiger partial charge in [0.25, 0.3) is 10.0 Å². The molecule has 2 aromatic heterocycles. The van der Waals surface area contributed by atoms with Crippen molar-refractivity contribution in [2.45, 2.75) is 18.5 Å². The van der Waals surface area contributed by atoms with Gasteiger partial charge in [0.1, 0.15) is 5.82 Å². The second-order valence-corrected chi connectivity index (χ2v) is 8.16. The summed E-state index contributed by atoms with van der Waals surface area (Å²) < 4.78 is 26.7. The molecule has 1 N–H and O–H groups in total. The predicted octanol–water partition coefficient (Wildman–Crippen LogP) is 2.36. The number of aromatic amines is 1. The van der Waals surface area contributed by atoms with Crippen LogP contribution in [-0.4, -0.2) is 29.7 Å². The lowest BCUT2D eigenvalue weighted by Gasteiger charge is -2.14. The third kappa shape index (κ3) is 2.82. The molecule has 2 rings (SSSR count). The Hall–Kier alpha value is -0.700. The topological polar surface area (TPSA) is 66.1 Å². The fourth-order valence-electron chi connectivity index (χ4n) is 1.47. The molecule has 0 aliphatic heterocycles. The number of sulfonamides is 1. The zero-order chi connectivity index (χ0) is 13.3. The molecule has 0 atom stereocenters. The van der Waals surface area contributed by atoms with E-state index in [1.807, 2.05) is 11.4 Å². The second kappa shape index (κ2) is 5.12. The van der Waals surface area contributed by atoms with E-state index >= 15 is 0 Å². The summed E-state index contributed by atoms with van der Waals surface area (Å²) in [5.41, 5.74) is 0.953. The van der Waals surface area contributed by atoms with Crippen molar-refractivity contribution in [3.63, 3.8) is 0 Å². The largest absolute Gasteiger partial charge is 0.332 e. The van der Waals surface area contributed by atoms with Crippen molar-refractivity contribution in [1.82, 2.24) is 14.3 Å². The van der Waals surface area contributed by atoms with Crippen molar-refractivity contribution in [2.75, 3.05) is 7.05 Å². The van der Waals surface area contributed by atoms with Crippen LogP contribution in [0.1, 0.15) is 11.4 Å². The third-order valence-corrected chi connectivity index (χ3v) is 5.66. The zero-order valence-corrected chi connectivity index (χ0v) is 13.1. The van der Waals surface area contributed by atoms with Crippen LogP contribution in [0.3, 0.4) is 0 Å². The van der Waals surface area contributed by atoms with E-state index < -0.39 is 10.0 Å². The normalized spacial score (nSPS) is 12.2. The van der Waals surface area contributed by atoms with Gasteiger partial charge in [-0.25, -0.2) is 13.4 Å². The lowest BCUT2D eigenvalue weighted by Crippen LogP contribution is -2.26. The van der Waals surface area contributed by atoms with Crippen LogP contribution in [0.5, 0.6) is 0 Å². The molecule has 5 nitrogen and oxygen atoms in total. The first-order valence-corrected chi connectivity index (χ1v) is 8.22. The van der Waals surface area contributed by atoms with Gasteiger partial charge in [-0.3, -0.25) is 0 Å². The van der Waals surface area contributed by atoms with E-state index in [-0.39, 0.29) is 5.03 Å². The average molecular weight is 350 g/mol. The van der Waals surface area contributed by atoms with E-state index in [0.29, 0.717) is 12.4 Å². The average Bonchev–Trinajstić information content (AvgIpc) is 2.88. The molecule has 18 heavy (non-hydrogen) atoms. The van der Waals surface area contributed by atoms with Crippen LogP contribution >= 0.6 is 27.3 Å². The summed E-state index contributed by atoms with van der Waals surface area (Å²) in [6.07, 6.45) is 1.34. The minimum absolute atomic E-state index is 0.122. The van der Waals surface area contributed by atoms with Gasteiger partial charge >= 0.3 is 0 Å². The lowest BCUT2D eigenvalue weighted by molar-refractivity contribution is 0.464. The van der Waals surface area contributed by atoms with Crippen LogP contribution < -0.4 is 0 Å². The first kappa shape index (κ1) is 13.7. The molecular weight excluding hydrogens is 338 g/mol. The first-order valence-electron chi connectivity index (χ1n) is 5.10. The van der Waals surface area contributed by atoms with Crippen LogP contribution in [0, 0.1) is 6.92 Å². The number of thiophene rings is 1. The lowest BCUT2D eigenvalue weighted by atomic mass is 10.3. The maximum Gasteiger partial charge on any atom is 0.260 e. The van der Waals surface area contributed by atoms with Crippen LogP contribution in [0.4, 0.5) is 0 Å². The van der Waals surface area contributed by atoms with Crippen molar-refractivity contribution in [3.05, 3.63) is 32.8 Å². The van der Waals surface area contributed by atoms with Crippen molar-refractivity contribution < 1.29 is 8.42 Å². The Bertz CT molecular complexity index is 648. The Morgan fingerprint density at radius 3 is 2.78 bits per heavy atom. The second-order valence-electron chi connectivity index (χ2n) is 3.85. The number of H-pyrrole nitrogens is 1. The maximum atomic E-state index is 12.2. The highest BCUT2D eigenvalue weighted by molar-refractivity contribution is 9.11. The first-order chi connectivity index (χ1) is 8.39. The van der Waals surface area contributed by atoms with Crippen molar-refractivity contribution in [3.8, 4) is 0 Å². The fraction of sp³-hybridized carbons (Fsp3) is 0.300. The summed E-state index contributed by atoms with van der Waals surface area (Å²) in [5.74, 6) is 0.584. The number of aryl methyl sites for hydroxylation is 1. The van der Waals surface area contributed by atoms with E-state index in [1.165, 1.54) is 21.8 Å². The van der Waals surface area contributed by atoms with Gasteiger partial charge in [-0.2, -0.15) is 4.31 Å². The van der Waals surface area contributed by atoms with E-state index in [9.17, 15) is 8.42 Å².